The number of pyridine rings is 2. The van der Waals surface area contributed by atoms with E-state index in [2.05, 4.69) is 20.1 Å². The molecule has 0 aliphatic carbocycles. The Morgan fingerprint density at radius 3 is 2.93 bits per heavy atom. The van der Waals surface area contributed by atoms with Gasteiger partial charge in [0.2, 0.25) is 17.6 Å². The molecule has 134 valence electrons. The van der Waals surface area contributed by atoms with Gasteiger partial charge in [-0.2, -0.15) is 4.98 Å². The summed E-state index contributed by atoms with van der Waals surface area (Å²) in [6.07, 6.45) is 5.86. The van der Waals surface area contributed by atoms with Gasteiger partial charge < -0.3 is 13.8 Å². The van der Waals surface area contributed by atoms with Crippen LogP contribution >= 0.6 is 0 Å². The molecule has 5 heterocycles. The van der Waals surface area contributed by atoms with Crippen molar-refractivity contribution in [2.24, 2.45) is 0 Å². The molecule has 5 rings (SSSR count). The molecule has 1 fully saturated rings. The molecule has 0 spiro atoms. The van der Waals surface area contributed by atoms with Gasteiger partial charge >= 0.3 is 0 Å². The molecule has 4 aromatic heterocycles. The highest BCUT2D eigenvalue weighted by Crippen LogP contribution is 2.29. The predicted molar refractivity (Wildman–Crippen MR) is 95.5 cm³/mol. The first kappa shape index (κ1) is 15.7. The number of amides is 1. The van der Waals surface area contributed by atoms with E-state index in [1.165, 1.54) is 0 Å². The van der Waals surface area contributed by atoms with Gasteiger partial charge in [-0.1, -0.05) is 17.3 Å². The average molecular weight is 360 g/mol. The molecule has 0 saturated carbocycles. The molecular formula is C19H16N6O2. The van der Waals surface area contributed by atoms with Crippen LogP contribution < -0.4 is 0 Å². The van der Waals surface area contributed by atoms with Crippen molar-refractivity contribution in [1.82, 2.24) is 29.4 Å². The molecule has 0 aromatic carbocycles. The molecule has 1 atom stereocenters. The Balaban J connectivity index is 1.34. The highest BCUT2D eigenvalue weighted by Gasteiger charge is 2.34. The second-order valence-electron chi connectivity index (χ2n) is 6.54. The van der Waals surface area contributed by atoms with Crippen molar-refractivity contribution >= 4 is 11.6 Å². The summed E-state index contributed by atoms with van der Waals surface area (Å²) in [6, 6.07) is 11.5. The first-order valence-electron chi connectivity index (χ1n) is 8.72. The van der Waals surface area contributed by atoms with Crippen molar-refractivity contribution in [3.05, 3.63) is 66.6 Å². The number of carbonyl (C=O) groups excluding carboxylic acids is 1. The summed E-state index contributed by atoms with van der Waals surface area (Å²) in [6.45, 7) is 1.03. The summed E-state index contributed by atoms with van der Waals surface area (Å²) in [5, 5.41) is 4.06. The zero-order valence-electron chi connectivity index (χ0n) is 14.4. The summed E-state index contributed by atoms with van der Waals surface area (Å²) < 4.78 is 7.34. The lowest BCUT2D eigenvalue weighted by atomic mass is 10.1. The first-order chi connectivity index (χ1) is 13.3. The Hall–Kier alpha value is -3.55. The number of hydrogen-bond donors (Lipinski definition) is 0. The van der Waals surface area contributed by atoms with Crippen molar-refractivity contribution in [3.8, 4) is 11.5 Å². The van der Waals surface area contributed by atoms with Gasteiger partial charge in [0.25, 0.3) is 0 Å². The van der Waals surface area contributed by atoms with E-state index < -0.39 is 0 Å². The summed E-state index contributed by atoms with van der Waals surface area (Å²) in [5.74, 6) is 0.862. The zero-order valence-corrected chi connectivity index (χ0v) is 14.4. The molecule has 1 aliphatic heterocycles. The third-order valence-electron chi connectivity index (χ3n) is 4.68. The Labute approximate surface area is 154 Å². The number of imidazole rings is 1. The SMILES string of the molecule is O=C1C[C@H](c2nc(-c3cn4ccccc4n3)no2)CN1Cc1ccccn1. The monoisotopic (exact) mass is 360 g/mol. The fourth-order valence-electron chi connectivity index (χ4n) is 3.33. The van der Waals surface area contributed by atoms with Gasteiger partial charge in [-0.05, 0) is 24.3 Å². The second kappa shape index (κ2) is 6.31. The van der Waals surface area contributed by atoms with E-state index in [-0.39, 0.29) is 11.8 Å². The van der Waals surface area contributed by atoms with Crippen LogP contribution in [-0.4, -0.2) is 41.9 Å². The summed E-state index contributed by atoms with van der Waals surface area (Å²) in [7, 11) is 0. The molecule has 27 heavy (non-hydrogen) atoms. The highest BCUT2D eigenvalue weighted by atomic mass is 16.5. The van der Waals surface area contributed by atoms with Gasteiger partial charge in [-0.15, -0.1) is 0 Å². The van der Waals surface area contributed by atoms with Gasteiger partial charge in [-0.3, -0.25) is 9.78 Å². The van der Waals surface area contributed by atoms with Crippen LogP contribution in [0, 0.1) is 0 Å². The molecule has 4 aromatic rings. The van der Waals surface area contributed by atoms with Gasteiger partial charge in [0, 0.05) is 31.6 Å². The minimum Gasteiger partial charge on any atom is -0.339 e. The quantitative estimate of drug-likeness (QED) is 0.555. The molecule has 0 N–H and O–H groups in total. The van der Waals surface area contributed by atoms with Gasteiger partial charge in [0.1, 0.15) is 11.3 Å². The van der Waals surface area contributed by atoms with E-state index in [4.69, 9.17) is 4.52 Å². The van der Waals surface area contributed by atoms with Crippen LogP contribution in [0.25, 0.3) is 17.2 Å². The number of hydrogen-bond acceptors (Lipinski definition) is 6. The largest absolute Gasteiger partial charge is 0.339 e. The molecule has 1 saturated heterocycles. The molecule has 8 heteroatoms. The first-order valence-corrected chi connectivity index (χ1v) is 8.72. The Kier molecular flexibility index (Phi) is 3.67. The zero-order chi connectivity index (χ0) is 18.2. The van der Waals surface area contributed by atoms with Crippen molar-refractivity contribution < 1.29 is 9.32 Å². The van der Waals surface area contributed by atoms with E-state index in [0.717, 1.165) is 11.3 Å². The molecule has 0 bridgehead atoms. The Bertz CT molecular complexity index is 1070. The lowest BCUT2D eigenvalue weighted by Gasteiger charge is -2.15. The number of aromatic nitrogens is 5. The van der Waals surface area contributed by atoms with Crippen LogP contribution in [0.1, 0.15) is 23.9 Å². The number of nitrogens with zero attached hydrogens (tertiary/aromatic N) is 6. The van der Waals surface area contributed by atoms with Crippen LogP contribution in [0.2, 0.25) is 0 Å². The fourth-order valence-corrected chi connectivity index (χ4v) is 3.33. The maximum absolute atomic E-state index is 12.3. The standard InChI is InChI=1S/C19H16N6O2/c26-17-9-13(10-25(17)11-14-5-1-3-7-20-14)19-22-18(23-27-19)15-12-24-8-4-2-6-16(24)21-15/h1-8,12-13H,9-11H2/t13-/m0/s1. The normalized spacial score (nSPS) is 17.1. The number of carbonyl (C=O) groups is 1. The minimum absolute atomic E-state index is 0.0677. The summed E-state index contributed by atoms with van der Waals surface area (Å²) in [5.41, 5.74) is 2.32. The topological polar surface area (TPSA) is 89.4 Å². The number of rotatable bonds is 4. The maximum Gasteiger partial charge on any atom is 0.232 e. The van der Waals surface area contributed by atoms with Crippen molar-refractivity contribution in [2.75, 3.05) is 6.54 Å². The molecule has 0 radical (unpaired) electrons. The summed E-state index contributed by atoms with van der Waals surface area (Å²) >= 11 is 0. The molecule has 1 aliphatic rings. The predicted octanol–water partition coefficient (Wildman–Crippen LogP) is 2.30. The van der Waals surface area contributed by atoms with E-state index in [1.807, 2.05) is 53.2 Å². The third-order valence-corrected chi connectivity index (χ3v) is 4.68. The Morgan fingerprint density at radius 1 is 1.15 bits per heavy atom. The van der Waals surface area contributed by atoms with Crippen molar-refractivity contribution in [1.29, 1.82) is 0 Å². The molecule has 8 nitrogen and oxygen atoms in total. The minimum atomic E-state index is -0.112. The lowest BCUT2D eigenvalue weighted by molar-refractivity contribution is -0.128. The lowest BCUT2D eigenvalue weighted by Crippen LogP contribution is -2.24. The van der Waals surface area contributed by atoms with Crippen molar-refractivity contribution in [2.45, 2.75) is 18.9 Å². The Morgan fingerprint density at radius 2 is 2.07 bits per heavy atom. The van der Waals surface area contributed by atoms with E-state index in [9.17, 15) is 4.79 Å². The van der Waals surface area contributed by atoms with E-state index >= 15 is 0 Å². The second-order valence-corrected chi connectivity index (χ2v) is 6.54. The smallest absolute Gasteiger partial charge is 0.232 e. The fraction of sp³-hybridized carbons (Fsp3) is 0.211. The van der Waals surface area contributed by atoms with Gasteiger partial charge in [0.05, 0.1) is 18.2 Å². The molecular weight excluding hydrogens is 344 g/mol. The maximum atomic E-state index is 12.3. The van der Waals surface area contributed by atoms with Gasteiger partial charge in [0.15, 0.2) is 0 Å². The third kappa shape index (κ3) is 2.95. The van der Waals surface area contributed by atoms with Crippen molar-refractivity contribution in [3.63, 3.8) is 0 Å². The number of likely N-dealkylation sites (tertiary alicyclic amines) is 1. The van der Waals surface area contributed by atoms with Crippen LogP contribution in [0.5, 0.6) is 0 Å². The summed E-state index contributed by atoms with van der Waals surface area (Å²) in [4.78, 5) is 27.4. The van der Waals surface area contributed by atoms with Gasteiger partial charge in [-0.25, -0.2) is 4.98 Å². The van der Waals surface area contributed by atoms with Crippen LogP contribution in [-0.2, 0) is 11.3 Å². The van der Waals surface area contributed by atoms with Crippen LogP contribution in [0.3, 0.4) is 0 Å². The van der Waals surface area contributed by atoms with Crippen LogP contribution in [0.15, 0.2) is 59.5 Å². The highest BCUT2D eigenvalue weighted by molar-refractivity contribution is 5.79. The number of fused-ring (bicyclic) bond motifs is 1. The van der Waals surface area contributed by atoms with E-state index in [0.29, 0.717) is 36.9 Å². The average Bonchev–Trinajstić information content (AvgIpc) is 3.41. The van der Waals surface area contributed by atoms with Crippen LogP contribution in [0.4, 0.5) is 0 Å². The molecule has 0 unspecified atom stereocenters. The molecule has 1 amide bonds. The van der Waals surface area contributed by atoms with E-state index in [1.54, 1.807) is 11.1 Å².